The summed E-state index contributed by atoms with van der Waals surface area (Å²) in [5, 5.41) is 17.3. The number of aryl methyl sites for hydroxylation is 3. The summed E-state index contributed by atoms with van der Waals surface area (Å²) >= 11 is 0. The molecule has 2 rings (SSSR count). The Morgan fingerprint density at radius 3 is 2.65 bits per heavy atom. The molecule has 0 aliphatic heterocycles. The van der Waals surface area contributed by atoms with Crippen molar-refractivity contribution in [3.63, 3.8) is 0 Å². The topological polar surface area (TPSA) is 72.9 Å². The molecule has 1 N–H and O–H groups in total. The molecule has 0 saturated heterocycles. The van der Waals surface area contributed by atoms with Crippen LogP contribution in [0, 0.1) is 6.92 Å². The van der Waals surface area contributed by atoms with Crippen LogP contribution in [-0.4, -0.2) is 30.6 Å². The Labute approximate surface area is 98.5 Å². The smallest absolute Gasteiger partial charge is 0.356 e. The molecule has 6 nitrogen and oxygen atoms in total. The molecule has 17 heavy (non-hydrogen) atoms. The highest BCUT2D eigenvalue weighted by molar-refractivity contribution is 5.86. The molecular formula is C11H14N4O2. The molecule has 0 amide bonds. The Morgan fingerprint density at radius 2 is 2.12 bits per heavy atom. The van der Waals surface area contributed by atoms with Crippen molar-refractivity contribution in [3.8, 4) is 5.69 Å². The van der Waals surface area contributed by atoms with Crippen LogP contribution in [0.2, 0.25) is 0 Å². The van der Waals surface area contributed by atoms with Crippen molar-refractivity contribution < 1.29 is 9.90 Å². The first-order valence-corrected chi connectivity index (χ1v) is 5.35. The fourth-order valence-corrected chi connectivity index (χ4v) is 1.76. The Bertz CT molecular complexity index is 568. The number of rotatable bonds is 3. The van der Waals surface area contributed by atoms with E-state index < -0.39 is 5.97 Å². The molecule has 90 valence electrons. The van der Waals surface area contributed by atoms with E-state index in [9.17, 15) is 4.79 Å². The molecule has 0 saturated carbocycles. The molecule has 0 fully saturated rings. The van der Waals surface area contributed by atoms with Crippen LogP contribution in [0.3, 0.4) is 0 Å². The second kappa shape index (κ2) is 4.04. The summed E-state index contributed by atoms with van der Waals surface area (Å²) in [4.78, 5) is 10.9. The second-order valence-corrected chi connectivity index (χ2v) is 3.90. The van der Waals surface area contributed by atoms with Crippen LogP contribution in [0.1, 0.15) is 28.7 Å². The molecule has 2 aromatic rings. The Hall–Kier alpha value is -2.11. The number of aromatic carboxylic acids is 1. The SMILES string of the molecule is CCc1nn(C)cc1-n1cc(C)c(C(=O)O)n1. The van der Waals surface area contributed by atoms with E-state index in [-0.39, 0.29) is 5.69 Å². The Balaban J connectivity index is 2.53. The molecule has 0 aliphatic rings. The first-order chi connectivity index (χ1) is 8.02. The van der Waals surface area contributed by atoms with Gasteiger partial charge in [-0.1, -0.05) is 6.92 Å². The van der Waals surface area contributed by atoms with Gasteiger partial charge in [-0.2, -0.15) is 10.2 Å². The number of hydrogen-bond acceptors (Lipinski definition) is 3. The monoisotopic (exact) mass is 234 g/mol. The first-order valence-electron chi connectivity index (χ1n) is 5.35. The molecule has 0 spiro atoms. The largest absolute Gasteiger partial charge is 0.476 e. The van der Waals surface area contributed by atoms with Crippen LogP contribution in [0.15, 0.2) is 12.4 Å². The predicted octanol–water partition coefficient (Wildman–Crippen LogP) is 1.17. The summed E-state index contributed by atoms with van der Waals surface area (Å²) in [6.07, 6.45) is 4.31. The minimum Gasteiger partial charge on any atom is -0.476 e. The summed E-state index contributed by atoms with van der Waals surface area (Å²) in [6.45, 7) is 3.73. The number of carbonyl (C=O) groups is 1. The van der Waals surface area contributed by atoms with Gasteiger partial charge in [-0.05, 0) is 13.3 Å². The van der Waals surface area contributed by atoms with Crippen molar-refractivity contribution >= 4 is 5.97 Å². The predicted molar refractivity (Wildman–Crippen MR) is 61.4 cm³/mol. The number of carboxylic acid groups (broad SMARTS) is 1. The Morgan fingerprint density at radius 1 is 1.41 bits per heavy atom. The van der Waals surface area contributed by atoms with Gasteiger partial charge in [0.2, 0.25) is 0 Å². The molecule has 0 atom stereocenters. The third kappa shape index (κ3) is 1.93. The first kappa shape index (κ1) is 11.4. The summed E-state index contributed by atoms with van der Waals surface area (Å²) < 4.78 is 3.27. The fourth-order valence-electron chi connectivity index (χ4n) is 1.76. The number of aromatic nitrogens is 4. The molecule has 0 unspecified atom stereocenters. The zero-order chi connectivity index (χ0) is 12.6. The third-order valence-electron chi connectivity index (χ3n) is 2.56. The number of hydrogen-bond donors (Lipinski definition) is 1. The summed E-state index contributed by atoms with van der Waals surface area (Å²) in [5.74, 6) is -1.01. The van der Waals surface area contributed by atoms with Crippen LogP contribution in [0.25, 0.3) is 5.69 Å². The molecule has 0 aliphatic carbocycles. The molecule has 0 aromatic carbocycles. The van der Waals surface area contributed by atoms with Crippen molar-refractivity contribution in [3.05, 3.63) is 29.3 Å². The van der Waals surface area contributed by atoms with E-state index in [1.165, 1.54) is 0 Å². The van der Waals surface area contributed by atoms with E-state index in [1.807, 2.05) is 20.2 Å². The maximum Gasteiger partial charge on any atom is 0.356 e. The van der Waals surface area contributed by atoms with Gasteiger partial charge < -0.3 is 5.11 Å². The molecule has 0 radical (unpaired) electrons. The summed E-state index contributed by atoms with van der Waals surface area (Å²) in [5.41, 5.74) is 2.44. The normalized spacial score (nSPS) is 10.8. The fraction of sp³-hybridized carbons (Fsp3) is 0.364. The van der Waals surface area contributed by atoms with Crippen molar-refractivity contribution in [2.45, 2.75) is 20.3 Å². The van der Waals surface area contributed by atoms with E-state index in [0.717, 1.165) is 17.8 Å². The van der Waals surface area contributed by atoms with Crippen molar-refractivity contribution in [2.24, 2.45) is 7.05 Å². The maximum absolute atomic E-state index is 10.9. The lowest BCUT2D eigenvalue weighted by Crippen LogP contribution is -2.02. The van der Waals surface area contributed by atoms with Crippen LogP contribution < -0.4 is 0 Å². The van der Waals surface area contributed by atoms with E-state index in [2.05, 4.69) is 10.2 Å². The minimum absolute atomic E-state index is 0.0795. The standard InChI is InChI=1S/C11H14N4O2/c1-4-8-9(6-14(3)12-8)15-5-7(2)10(13-15)11(16)17/h5-6H,4H2,1-3H3,(H,16,17). The molecular weight excluding hydrogens is 220 g/mol. The third-order valence-corrected chi connectivity index (χ3v) is 2.56. The van der Waals surface area contributed by atoms with Crippen molar-refractivity contribution in [1.29, 1.82) is 0 Å². The van der Waals surface area contributed by atoms with Gasteiger partial charge in [0.05, 0.1) is 11.9 Å². The zero-order valence-electron chi connectivity index (χ0n) is 10.0. The summed E-state index contributed by atoms with van der Waals surface area (Å²) in [7, 11) is 1.83. The van der Waals surface area contributed by atoms with Crippen molar-refractivity contribution in [2.75, 3.05) is 0 Å². The number of nitrogens with zero attached hydrogens (tertiary/aromatic N) is 4. The second-order valence-electron chi connectivity index (χ2n) is 3.90. The van der Waals surface area contributed by atoms with Crippen molar-refractivity contribution in [1.82, 2.24) is 19.6 Å². The highest BCUT2D eigenvalue weighted by Crippen LogP contribution is 2.15. The summed E-state index contributed by atoms with van der Waals surface area (Å²) in [6, 6.07) is 0. The van der Waals surface area contributed by atoms with Crippen LogP contribution in [0.4, 0.5) is 0 Å². The highest BCUT2D eigenvalue weighted by atomic mass is 16.4. The van der Waals surface area contributed by atoms with E-state index in [0.29, 0.717) is 5.56 Å². The molecule has 0 bridgehead atoms. The quantitative estimate of drug-likeness (QED) is 0.865. The lowest BCUT2D eigenvalue weighted by atomic mass is 10.3. The Kier molecular flexibility index (Phi) is 2.71. The van der Waals surface area contributed by atoms with Gasteiger partial charge in [0.25, 0.3) is 0 Å². The van der Waals surface area contributed by atoms with Gasteiger partial charge in [-0.15, -0.1) is 0 Å². The van der Waals surface area contributed by atoms with Gasteiger partial charge in [0, 0.05) is 18.8 Å². The average Bonchev–Trinajstić information content (AvgIpc) is 2.81. The average molecular weight is 234 g/mol. The highest BCUT2D eigenvalue weighted by Gasteiger charge is 2.15. The number of carboxylic acids is 1. The van der Waals surface area contributed by atoms with E-state index >= 15 is 0 Å². The van der Waals surface area contributed by atoms with E-state index in [1.54, 1.807) is 22.5 Å². The maximum atomic E-state index is 10.9. The molecule has 2 heterocycles. The molecule has 6 heteroatoms. The lowest BCUT2D eigenvalue weighted by molar-refractivity contribution is 0.0689. The molecule has 2 aromatic heterocycles. The van der Waals surface area contributed by atoms with Crippen LogP contribution in [-0.2, 0) is 13.5 Å². The van der Waals surface area contributed by atoms with Gasteiger partial charge in [0.1, 0.15) is 5.69 Å². The van der Waals surface area contributed by atoms with Gasteiger partial charge in [-0.25, -0.2) is 9.48 Å². The van der Waals surface area contributed by atoms with Gasteiger partial charge in [0.15, 0.2) is 5.69 Å². The van der Waals surface area contributed by atoms with Gasteiger partial charge >= 0.3 is 5.97 Å². The van der Waals surface area contributed by atoms with E-state index in [4.69, 9.17) is 5.11 Å². The van der Waals surface area contributed by atoms with Gasteiger partial charge in [-0.3, -0.25) is 4.68 Å². The van der Waals surface area contributed by atoms with Crippen LogP contribution in [0.5, 0.6) is 0 Å². The van der Waals surface area contributed by atoms with Crippen LogP contribution >= 0.6 is 0 Å². The lowest BCUT2D eigenvalue weighted by Gasteiger charge is -1.98. The zero-order valence-corrected chi connectivity index (χ0v) is 10.0. The minimum atomic E-state index is -1.01.